The minimum Gasteiger partial charge on any atom is -0.339 e. The maximum atomic E-state index is 13.8. The third kappa shape index (κ3) is 4.03. The molecule has 0 unspecified atom stereocenters. The molecule has 0 spiro atoms. The third-order valence-corrected chi connectivity index (χ3v) is 6.14. The third-order valence-electron chi connectivity index (χ3n) is 6.14. The number of likely N-dealkylation sites (N-methyl/N-ethyl adjacent to an activating group) is 1. The minimum absolute atomic E-state index is 0.0432. The van der Waals surface area contributed by atoms with E-state index in [1.807, 2.05) is 51.4 Å². The number of halogens is 1. The van der Waals surface area contributed by atoms with Crippen molar-refractivity contribution in [3.05, 3.63) is 82.3 Å². The van der Waals surface area contributed by atoms with Crippen molar-refractivity contribution in [1.82, 2.24) is 15.1 Å². The Balaban J connectivity index is 1.88. The van der Waals surface area contributed by atoms with Crippen molar-refractivity contribution in [2.45, 2.75) is 52.6 Å². The van der Waals surface area contributed by atoms with Gasteiger partial charge in [-0.25, -0.2) is 9.07 Å². The van der Waals surface area contributed by atoms with E-state index in [4.69, 9.17) is 5.10 Å². The fraction of sp³-hybridized carbons (Fsp3) is 0.346. The van der Waals surface area contributed by atoms with Crippen molar-refractivity contribution >= 4 is 17.6 Å². The highest BCUT2D eigenvalue weighted by molar-refractivity contribution is 6.05. The van der Waals surface area contributed by atoms with Crippen LogP contribution in [0.25, 0.3) is 0 Å². The Bertz CT molecular complexity index is 1200. The highest BCUT2D eigenvalue weighted by Gasteiger charge is 2.45. The second kappa shape index (κ2) is 8.81. The number of fused-ring (bicyclic) bond motifs is 1. The number of aromatic nitrogens is 2. The molecule has 1 N–H and O–H groups in total. The molecule has 172 valence electrons. The zero-order chi connectivity index (χ0) is 23.9. The Morgan fingerprint density at radius 2 is 1.85 bits per heavy atom. The van der Waals surface area contributed by atoms with Crippen LogP contribution in [0.4, 0.5) is 10.2 Å². The standard InChI is InChI=1S/C26H29FN4O2/c1-6-30-25-21(17(5)29-31(25)15(2)3)22(18-10-12-20(27)13-11-18)23(26(30)33)28-24(32)19-9-7-8-16(4)14-19/h7-15,22-23H,6H2,1-5H3,(H,28,32)/t22-,23-/m0/s1. The number of carbonyl (C=O) groups excluding carboxylic acids is 2. The van der Waals surface area contributed by atoms with E-state index >= 15 is 0 Å². The molecule has 2 aromatic carbocycles. The van der Waals surface area contributed by atoms with E-state index in [9.17, 15) is 14.0 Å². The lowest BCUT2D eigenvalue weighted by Gasteiger charge is -2.38. The molecule has 0 saturated carbocycles. The lowest BCUT2D eigenvalue weighted by Crippen LogP contribution is -2.55. The highest BCUT2D eigenvalue weighted by atomic mass is 19.1. The molecule has 3 aromatic rings. The summed E-state index contributed by atoms with van der Waals surface area (Å²) < 4.78 is 15.6. The topological polar surface area (TPSA) is 67.2 Å². The number of nitrogens with one attached hydrogen (secondary N) is 1. The average Bonchev–Trinajstić information content (AvgIpc) is 3.12. The fourth-order valence-electron chi connectivity index (χ4n) is 4.61. The highest BCUT2D eigenvalue weighted by Crippen LogP contribution is 2.43. The average molecular weight is 449 g/mol. The number of anilines is 1. The van der Waals surface area contributed by atoms with E-state index in [1.165, 1.54) is 12.1 Å². The summed E-state index contributed by atoms with van der Waals surface area (Å²) in [6, 6.07) is 12.6. The Labute approximate surface area is 193 Å². The summed E-state index contributed by atoms with van der Waals surface area (Å²) in [5.41, 5.74) is 3.87. The first kappa shape index (κ1) is 22.7. The second-order valence-corrected chi connectivity index (χ2v) is 8.79. The van der Waals surface area contributed by atoms with Gasteiger partial charge in [0.15, 0.2) is 0 Å². The molecule has 0 saturated heterocycles. The molecule has 2 amide bonds. The van der Waals surface area contributed by atoms with Crippen LogP contribution in [0.3, 0.4) is 0 Å². The number of hydrogen-bond acceptors (Lipinski definition) is 3. The Hall–Kier alpha value is -3.48. The number of amides is 2. The maximum absolute atomic E-state index is 13.8. The van der Waals surface area contributed by atoms with Gasteiger partial charge in [-0.05, 0) is 64.4 Å². The summed E-state index contributed by atoms with van der Waals surface area (Å²) in [4.78, 5) is 28.7. The summed E-state index contributed by atoms with van der Waals surface area (Å²) in [6.45, 7) is 10.2. The molecular weight excluding hydrogens is 419 g/mol. The van der Waals surface area contributed by atoms with Gasteiger partial charge in [-0.3, -0.25) is 14.5 Å². The van der Waals surface area contributed by atoms with Gasteiger partial charge < -0.3 is 5.32 Å². The zero-order valence-electron chi connectivity index (χ0n) is 19.6. The fourth-order valence-corrected chi connectivity index (χ4v) is 4.61. The first-order valence-corrected chi connectivity index (χ1v) is 11.3. The lowest BCUT2D eigenvalue weighted by molar-refractivity contribution is -0.121. The van der Waals surface area contributed by atoms with Gasteiger partial charge in [-0.2, -0.15) is 5.10 Å². The van der Waals surface area contributed by atoms with E-state index in [1.54, 1.807) is 29.2 Å². The molecule has 33 heavy (non-hydrogen) atoms. The first-order valence-electron chi connectivity index (χ1n) is 11.3. The predicted molar refractivity (Wildman–Crippen MR) is 126 cm³/mol. The summed E-state index contributed by atoms with van der Waals surface area (Å²) in [5.74, 6) is -0.631. The molecular formula is C26H29FN4O2. The van der Waals surface area contributed by atoms with E-state index in [0.717, 1.165) is 28.2 Å². The molecule has 1 aliphatic rings. The molecule has 0 aliphatic carbocycles. The number of carbonyl (C=O) groups is 2. The molecule has 4 rings (SSSR count). The number of hydrogen-bond donors (Lipinski definition) is 1. The van der Waals surface area contributed by atoms with Crippen molar-refractivity contribution in [1.29, 1.82) is 0 Å². The van der Waals surface area contributed by atoms with E-state index in [-0.39, 0.29) is 23.7 Å². The van der Waals surface area contributed by atoms with Gasteiger partial charge in [0.1, 0.15) is 17.7 Å². The van der Waals surface area contributed by atoms with Crippen molar-refractivity contribution in [2.24, 2.45) is 0 Å². The van der Waals surface area contributed by atoms with Crippen LogP contribution < -0.4 is 10.2 Å². The van der Waals surface area contributed by atoms with Gasteiger partial charge in [-0.15, -0.1) is 0 Å². The molecule has 2 atom stereocenters. The van der Waals surface area contributed by atoms with Crippen LogP contribution in [0.2, 0.25) is 0 Å². The van der Waals surface area contributed by atoms with Crippen LogP contribution in [-0.4, -0.2) is 34.2 Å². The van der Waals surface area contributed by atoms with Gasteiger partial charge in [0.2, 0.25) is 0 Å². The van der Waals surface area contributed by atoms with E-state index < -0.39 is 12.0 Å². The molecule has 7 heteroatoms. The van der Waals surface area contributed by atoms with Crippen LogP contribution in [-0.2, 0) is 4.79 Å². The minimum atomic E-state index is -0.848. The number of nitrogens with zero attached hydrogens (tertiary/aromatic N) is 3. The van der Waals surface area contributed by atoms with Crippen molar-refractivity contribution < 1.29 is 14.0 Å². The molecule has 1 aliphatic heterocycles. The van der Waals surface area contributed by atoms with Crippen LogP contribution in [0.1, 0.15) is 65.5 Å². The van der Waals surface area contributed by atoms with E-state index in [0.29, 0.717) is 12.1 Å². The lowest BCUT2D eigenvalue weighted by atomic mass is 9.81. The molecule has 6 nitrogen and oxygen atoms in total. The van der Waals surface area contributed by atoms with Gasteiger partial charge >= 0.3 is 0 Å². The first-order chi connectivity index (χ1) is 15.7. The van der Waals surface area contributed by atoms with Gasteiger partial charge in [-0.1, -0.05) is 29.8 Å². The smallest absolute Gasteiger partial charge is 0.251 e. The van der Waals surface area contributed by atoms with Gasteiger partial charge in [0.05, 0.1) is 5.69 Å². The maximum Gasteiger partial charge on any atom is 0.251 e. The van der Waals surface area contributed by atoms with Gasteiger partial charge in [0, 0.05) is 29.6 Å². The quantitative estimate of drug-likeness (QED) is 0.624. The largest absolute Gasteiger partial charge is 0.339 e. The van der Waals surface area contributed by atoms with Crippen molar-refractivity contribution in [3.8, 4) is 0 Å². The Morgan fingerprint density at radius 1 is 1.15 bits per heavy atom. The molecule has 2 heterocycles. The SMILES string of the molecule is CCN1C(=O)[C@@H](NC(=O)c2cccc(C)c2)[C@@H](c2ccc(F)cc2)c2c(C)nn(C(C)C)c21. The van der Waals surface area contributed by atoms with Crippen LogP contribution >= 0.6 is 0 Å². The van der Waals surface area contributed by atoms with Crippen molar-refractivity contribution in [2.75, 3.05) is 11.4 Å². The summed E-state index contributed by atoms with van der Waals surface area (Å²) in [5, 5.41) is 7.72. The number of rotatable bonds is 5. The zero-order valence-corrected chi connectivity index (χ0v) is 19.6. The summed E-state index contributed by atoms with van der Waals surface area (Å²) in [6.07, 6.45) is 0. The summed E-state index contributed by atoms with van der Waals surface area (Å²) >= 11 is 0. The summed E-state index contributed by atoms with van der Waals surface area (Å²) in [7, 11) is 0. The van der Waals surface area contributed by atoms with Crippen molar-refractivity contribution in [3.63, 3.8) is 0 Å². The van der Waals surface area contributed by atoms with Crippen LogP contribution in [0.5, 0.6) is 0 Å². The Morgan fingerprint density at radius 3 is 2.45 bits per heavy atom. The number of benzene rings is 2. The molecule has 0 radical (unpaired) electrons. The molecule has 1 aromatic heterocycles. The number of aryl methyl sites for hydroxylation is 2. The van der Waals surface area contributed by atoms with Crippen LogP contribution in [0.15, 0.2) is 48.5 Å². The second-order valence-electron chi connectivity index (χ2n) is 8.79. The molecule has 0 fully saturated rings. The Kier molecular flexibility index (Phi) is 6.06. The van der Waals surface area contributed by atoms with Crippen LogP contribution in [0, 0.1) is 19.7 Å². The van der Waals surface area contributed by atoms with Gasteiger partial charge in [0.25, 0.3) is 11.8 Å². The predicted octanol–water partition coefficient (Wildman–Crippen LogP) is 4.52. The van der Waals surface area contributed by atoms with E-state index in [2.05, 4.69) is 5.32 Å². The normalized spacial score (nSPS) is 17.9. The molecule has 0 bridgehead atoms. The monoisotopic (exact) mass is 448 g/mol.